The predicted molar refractivity (Wildman–Crippen MR) is 96.4 cm³/mol. The molecule has 0 saturated heterocycles. The van der Waals surface area contributed by atoms with Gasteiger partial charge in [-0.05, 0) is 60.6 Å². The first-order chi connectivity index (χ1) is 10.6. The van der Waals surface area contributed by atoms with Crippen LogP contribution in [-0.2, 0) is 12.8 Å². The van der Waals surface area contributed by atoms with Crippen LogP contribution in [0.5, 0.6) is 0 Å². The Balaban J connectivity index is 0.00000116. The van der Waals surface area contributed by atoms with Crippen LogP contribution in [-0.4, -0.2) is 4.98 Å². The molecule has 0 amide bonds. The van der Waals surface area contributed by atoms with E-state index in [9.17, 15) is 0 Å². The number of fused-ring (bicyclic) bond motifs is 1. The van der Waals surface area contributed by atoms with E-state index in [4.69, 9.17) is 11.5 Å². The summed E-state index contributed by atoms with van der Waals surface area (Å²) in [5.74, 6) is 0.457. The van der Waals surface area contributed by atoms with E-state index in [0.29, 0.717) is 5.92 Å². The topological polar surface area (TPSA) is 64.9 Å². The Labute approximate surface area is 135 Å². The first kappa shape index (κ1) is 18.3. The Morgan fingerprint density at radius 3 is 2.55 bits per heavy atom. The molecule has 0 spiro atoms. The maximum absolute atomic E-state index is 6.40. The van der Waals surface area contributed by atoms with Crippen molar-refractivity contribution in [2.45, 2.75) is 66.2 Å². The molecule has 0 unspecified atom stereocenters. The second kappa shape index (κ2) is 8.62. The number of allylic oxidation sites excluding steroid dienone is 2. The van der Waals surface area contributed by atoms with Crippen LogP contribution >= 0.6 is 0 Å². The van der Waals surface area contributed by atoms with E-state index in [2.05, 4.69) is 25.8 Å². The second-order valence-electron chi connectivity index (χ2n) is 5.67. The molecule has 0 fully saturated rings. The van der Waals surface area contributed by atoms with Crippen LogP contribution in [0.2, 0.25) is 0 Å². The summed E-state index contributed by atoms with van der Waals surface area (Å²) in [6.45, 7) is 10.6. The van der Waals surface area contributed by atoms with Crippen LogP contribution in [0.15, 0.2) is 24.0 Å². The molecular weight excluding hydrogens is 270 g/mol. The normalized spacial score (nSPS) is 14.6. The van der Waals surface area contributed by atoms with Gasteiger partial charge in [-0.2, -0.15) is 0 Å². The van der Waals surface area contributed by atoms with Crippen molar-refractivity contribution < 1.29 is 0 Å². The number of nitrogens with zero attached hydrogens (tertiary/aromatic N) is 1. The number of hydrogen-bond acceptors (Lipinski definition) is 3. The molecular formula is C19H31N3. The Morgan fingerprint density at radius 2 is 2.00 bits per heavy atom. The van der Waals surface area contributed by atoms with Gasteiger partial charge in [0, 0.05) is 23.2 Å². The minimum atomic E-state index is 0.457. The van der Waals surface area contributed by atoms with E-state index >= 15 is 0 Å². The largest absolute Gasteiger partial charge is 0.405 e. The quantitative estimate of drug-likeness (QED) is 0.816. The lowest BCUT2D eigenvalue weighted by Gasteiger charge is -2.19. The lowest BCUT2D eigenvalue weighted by molar-refractivity contribution is 0.832. The van der Waals surface area contributed by atoms with Gasteiger partial charge in [0.05, 0.1) is 0 Å². The molecule has 2 rings (SSSR count). The van der Waals surface area contributed by atoms with Crippen LogP contribution in [0.1, 0.15) is 75.8 Å². The van der Waals surface area contributed by atoms with Gasteiger partial charge in [-0.15, -0.1) is 0 Å². The van der Waals surface area contributed by atoms with E-state index in [0.717, 1.165) is 36.1 Å². The van der Waals surface area contributed by atoms with Gasteiger partial charge in [-0.25, -0.2) is 0 Å². The molecule has 1 aliphatic carbocycles. The number of pyridine rings is 1. The molecule has 3 nitrogen and oxygen atoms in total. The number of nitrogens with two attached hydrogens (primary N) is 2. The van der Waals surface area contributed by atoms with Gasteiger partial charge in [0.2, 0.25) is 0 Å². The highest BCUT2D eigenvalue weighted by Crippen LogP contribution is 2.34. The molecule has 122 valence electrons. The highest BCUT2D eigenvalue weighted by atomic mass is 14.7. The van der Waals surface area contributed by atoms with Gasteiger partial charge in [-0.3, -0.25) is 4.98 Å². The van der Waals surface area contributed by atoms with Gasteiger partial charge in [0.15, 0.2) is 0 Å². The predicted octanol–water partition coefficient (Wildman–Crippen LogP) is 4.27. The van der Waals surface area contributed by atoms with Gasteiger partial charge < -0.3 is 11.5 Å². The van der Waals surface area contributed by atoms with Gasteiger partial charge in [0.25, 0.3) is 0 Å². The van der Waals surface area contributed by atoms with Crippen molar-refractivity contribution in [2.75, 3.05) is 0 Å². The summed E-state index contributed by atoms with van der Waals surface area (Å²) in [5.41, 5.74) is 19.0. The van der Waals surface area contributed by atoms with E-state index in [1.54, 1.807) is 6.20 Å². The maximum Gasteiger partial charge on any atom is 0.0439 e. The third kappa shape index (κ3) is 3.70. The van der Waals surface area contributed by atoms with Crippen LogP contribution in [0, 0.1) is 0 Å². The molecule has 1 aromatic heterocycles. The molecule has 22 heavy (non-hydrogen) atoms. The van der Waals surface area contributed by atoms with E-state index in [1.165, 1.54) is 23.2 Å². The molecule has 0 atom stereocenters. The summed E-state index contributed by atoms with van der Waals surface area (Å²) in [6.07, 6.45) is 9.71. The lowest BCUT2D eigenvalue weighted by atomic mass is 9.90. The van der Waals surface area contributed by atoms with E-state index in [1.807, 2.05) is 26.1 Å². The van der Waals surface area contributed by atoms with Crippen LogP contribution < -0.4 is 11.5 Å². The Morgan fingerprint density at radius 1 is 1.32 bits per heavy atom. The van der Waals surface area contributed by atoms with E-state index < -0.39 is 0 Å². The monoisotopic (exact) mass is 301 g/mol. The minimum Gasteiger partial charge on any atom is -0.405 e. The number of hydrogen-bond donors (Lipinski definition) is 2. The fourth-order valence-electron chi connectivity index (χ4n) is 3.10. The summed E-state index contributed by atoms with van der Waals surface area (Å²) >= 11 is 0. The number of rotatable bonds is 4. The minimum absolute atomic E-state index is 0.457. The lowest BCUT2D eigenvalue weighted by Crippen LogP contribution is -2.09. The Kier molecular flexibility index (Phi) is 7.16. The molecule has 1 heterocycles. The fourth-order valence-corrected chi connectivity index (χ4v) is 3.10. The van der Waals surface area contributed by atoms with E-state index in [-0.39, 0.29) is 0 Å². The van der Waals surface area contributed by atoms with Crippen molar-refractivity contribution in [1.29, 1.82) is 0 Å². The molecule has 0 saturated carbocycles. The SMILES string of the molecule is CC.CCC(/C=C\N)=C(/N)c1cnc2c(c1C(C)C)CCC2. The summed E-state index contributed by atoms with van der Waals surface area (Å²) < 4.78 is 0. The molecule has 4 N–H and O–H groups in total. The maximum atomic E-state index is 6.40. The second-order valence-corrected chi connectivity index (χ2v) is 5.67. The fraction of sp³-hybridized carbons (Fsp3) is 0.526. The van der Waals surface area contributed by atoms with Gasteiger partial charge in [-0.1, -0.05) is 34.6 Å². The Hall–Kier alpha value is -1.77. The highest BCUT2D eigenvalue weighted by molar-refractivity contribution is 5.71. The molecule has 0 bridgehead atoms. The zero-order chi connectivity index (χ0) is 16.7. The summed E-state index contributed by atoms with van der Waals surface area (Å²) in [7, 11) is 0. The Bertz CT molecular complexity index is 554. The number of aryl methyl sites for hydroxylation is 1. The van der Waals surface area contributed by atoms with Crippen LogP contribution in [0.4, 0.5) is 0 Å². The standard InChI is InChI=1S/C17H25N3.C2H6/c1-4-12(8-9-18)17(19)14-10-20-15-7-5-6-13(15)16(14)11(2)3;1-2/h8-11H,4-7,18-19H2,1-3H3;1-2H3/b9-8-,17-12-;. The third-order valence-electron chi connectivity index (χ3n) is 4.05. The van der Waals surface area contributed by atoms with Crippen LogP contribution in [0.25, 0.3) is 5.70 Å². The molecule has 1 aromatic rings. The van der Waals surface area contributed by atoms with Gasteiger partial charge in [0.1, 0.15) is 0 Å². The molecule has 0 radical (unpaired) electrons. The molecule has 1 aliphatic rings. The van der Waals surface area contributed by atoms with Crippen LogP contribution in [0.3, 0.4) is 0 Å². The average molecular weight is 301 g/mol. The van der Waals surface area contributed by atoms with Crippen molar-refractivity contribution in [3.05, 3.63) is 46.4 Å². The smallest absolute Gasteiger partial charge is 0.0439 e. The van der Waals surface area contributed by atoms with Crippen molar-refractivity contribution in [3.8, 4) is 0 Å². The first-order valence-electron chi connectivity index (χ1n) is 8.48. The average Bonchev–Trinajstić information content (AvgIpc) is 3.01. The zero-order valence-corrected chi connectivity index (χ0v) is 14.7. The summed E-state index contributed by atoms with van der Waals surface area (Å²) in [5, 5.41) is 0. The molecule has 0 aliphatic heterocycles. The molecule has 3 heteroatoms. The zero-order valence-electron chi connectivity index (χ0n) is 14.7. The number of aromatic nitrogens is 1. The van der Waals surface area contributed by atoms with Gasteiger partial charge >= 0.3 is 0 Å². The third-order valence-corrected chi connectivity index (χ3v) is 4.05. The van der Waals surface area contributed by atoms with Crippen molar-refractivity contribution in [2.24, 2.45) is 11.5 Å². The van der Waals surface area contributed by atoms with Crippen molar-refractivity contribution in [1.82, 2.24) is 4.98 Å². The highest BCUT2D eigenvalue weighted by Gasteiger charge is 2.22. The molecule has 0 aromatic carbocycles. The van der Waals surface area contributed by atoms with Crippen molar-refractivity contribution in [3.63, 3.8) is 0 Å². The first-order valence-corrected chi connectivity index (χ1v) is 8.48. The summed E-state index contributed by atoms with van der Waals surface area (Å²) in [4.78, 5) is 4.63. The van der Waals surface area contributed by atoms with Crippen molar-refractivity contribution >= 4 is 5.70 Å². The summed E-state index contributed by atoms with van der Waals surface area (Å²) in [6, 6.07) is 0.